The summed E-state index contributed by atoms with van der Waals surface area (Å²) >= 11 is 0. The highest BCUT2D eigenvalue weighted by molar-refractivity contribution is 5.99. The van der Waals surface area contributed by atoms with Gasteiger partial charge in [-0.05, 0) is 25.0 Å². The number of rotatable bonds is 2. The molecular formula is C14H19NO4. The van der Waals surface area contributed by atoms with Crippen LogP contribution in [0.15, 0.2) is 18.2 Å². The Labute approximate surface area is 112 Å². The van der Waals surface area contributed by atoms with Crippen LogP contribution in [0.3, 0.4) is 0 Å². The predicted octanol–water partition coefficient (Wildman–Crippen LogP) is 1.33. The van der Waals surface area contributed by atoms with Gasteiger partial charge in [0.1, 0.15) is 17.1 Å². The van der Waals surface area contributed by atoms with Crippen molar-refractivity contribution in [1.82, 2.24) is 4.90 Å². The van der Waals surface area contributed by atoms with E-state index in [1.54, 1.807) is 4.90 Å². The highest BCUT2D eigenvalue weighted by Gasteiger charge is 2.31. The summed E-state index contributed by atoms with van der Waals surface area (Å²) in [4.78, 5) is 13.9. The summed E-state index contributed by atoms with van der Waals surface area (Å²) in [5.74, 6) is -0.778. The lowest BCUT2D eigenvalue weighted by molar-refractivity contribution is 0.0226. The van der Waals surface area contributed by atoms with Crippen molar-refractivity contribution in [3.05, 3.63) is 23.8 Å². The zero-order valence-electron chi connectivity index (χ0n) is 10.9. The van der Waals surface area contributed by atoms with Crippen molar-refractivity contribution in [1.29, 1.82) is 0 Å². The van der Waals surface area contributed by atoms with E-state index in [1.165, 1.54) is 18.2 Å². The topological polar surface area (TPSA) is 81.0 Å². The number of phenols is 2. The van der Waals surface area contributed by atoms with Gasteiger partial charge in [0, 0.05) is 19.0 Å². The number of nitrogens with zero attached hydrogens (tertiary/aromatic N) is 1. The monoisotopic (exact) mass is 265 g/mol. The number of hydrogen-bond donors (Lipinski definition) is 3. The van der Waals surface area contributed by atoms with Crippen LogP contribution in [-0.4, -0.2) is 45.3 Å². The molecule has 0 saturated carbocycles. The summed E-state index contributed by atoms with van der Waals surface area (Å²) in [6.45, 7) is 2.86. The quantitative estimate of drug-likeness (QED) is 0.753. The first-order valence-corrected chi connectivity index (χ1v) is 6.52. The molecule has 1 aliphatic rings. The van der Waals surface area contributed by atoms with Gasteiger partial charge in [0.05, 0.1) is 6.10 Å². The molecule has 0 radical (unpaired) electrons. The molecule has 1 heterocycles. The number of piperidine rings is 1. The summed E-state index contributed by atoms with van der Waals surface area (Å²) in [6, 6.07) is 4.24. The van der Waals surface area contributed by atoms with Crippen molar-refractivity contribution < 1.29 is 20.1 Å². The van der Waals surface area contributed by atoms with Crippen LogP contribution in [0.4, 0.5) is 0 Å². The number of benzene rings is 1. The molecule has 1 aromatic carbocycles. The second-order valence-corrected chi connectivity index (χ2v) is 4.95. The van der Waals surface area contributed by atoms with Gasteiger partial charge in [-0.15, -0.1) is 0 Å². The average Bonchev–Trinajstić information content (AvgIpc) is 2.39. The van der Waals surface area contributed by atoms with E-state index in [0.717, 1.165) is 6.42 Å². The summed E-state index contributed by atoms with van der Waals surface area (Å²) in [5, 5.41) is 29.2. The minimum Gasteiger partial charge on any atom is -0.507 e. The Hall–Kier alpha value is -1.75. The Balaban J connectivity index is 2.20. The van der Waals surface area contributed by atoms with Crippen molar-refractivity contribution >= 4 is 5.91 Å². The molecule has 2 atom stereocenters. The number of hydrogen-bond acceptors (Lipinski definition) is 4. The van der Waals surface area contributed by atoms with E-state index in [0.29, 0.717) is 19.5 Å². The number of carbonyl (C=O) groups excluding carboxylic acids is 1. The van der Waals surface area contributed by atoms with Crippen LogP contribution >= 0.6 is 0 Å². The third-order valence-electron chi connectivity index (χ3n) is 3.74. The van der Waals surface area contributed by atoms with E-state index in [2.05, 4.69) is 0 Å². The first-order valence-electron chi connectivity index (χ1n) is 6.52. The molecule has 1 fully saturated rings. The van der Waals surface area contributed by atoms with E-state index >= 15 is 0 Å². The maximum absolute atomic E-state index is 12.3. The number of amides is 1. The molecule has 1 saturated heterocycles. The summed E-state index contributed by atoms with van der Waals surface area (Å²) in [5.41, 5.74) is -0.0613. The minimum atomic E-state index is -0.388. The Morgan fingerprint density at radius 3 is 2.58 bits per heavy atom. The number of phenolic OH excluding ortho intramolecular Hbond substituents is 2. The van der Waals surface area contributed by atoms with E-state index in [4.69, 9.17) is 0 Å². The highest BCUT2D eigenvalue weighted by atomic mass is 16.3. The fourth-order valence-electron chi connectivity index (χ4n) is 2.51. The number of aliphatic hydroxyl groups is 1. The first kappa shape index (κ1) is 13.7. The van der Waals surface area contributed by atoms with Crippen molar-refractivity contribution in [3.8, 4) is 11.5 Å². The Morgan fingerprint density at radius 2 is 2.00 bits per heavy atom. The lowest BCUT2D eigenvalue weighted by atomic mass is 9.92. The summed E-state index contributed by atoms with van der Waals surface area (Å²) < 4.78 is 0. The van der Waals surface area contributed by atoms with E-state index in [9.17, 15) is 20.1 Å². The van der Waals surface area contributed by atoms with Crippen molar-refractivity contribution in [2.45, 2.75) is 25.9 Å². The Morgan fingerprint density at radius 1 is 1.37 bits per heavy atom. The number of aromatic hydroxyl groups is 2. The maximum Gasteiger partial charge on any atom is 0.261 e. The molecule has 104 valence electrons. The second kappa shape index (κ2) is 5.48. The molecule has 1 aromatic rings. The van der Waals surface area contributed by atoms with Crippen LogP contribution in [0.1, 0.15) is 30.1 Å². The van der Waals surface area contributed by atoms with Crippen molar-refractivity contribution in [2.75, 3.05) is 13.1 Å². The predicted molar refractivity (Wildman–Crippen MR) is 70.1 cm³/mol. The number of carbonyl (C=O) groups is 1. The lowest BCUT2D eigenvalue weighted by Crippen LogP contribution is -2.45. The van der Waals surface area contributed by atoms with Crippen LogP contribution in [0.2, 0.25) is 0 Å². The Bertz CT molecular complexity index is 454. The maximum atomic E-state index is 12.3. The van der Waals surface area contributed by atoms with Gasteiger partial charge in [0.2, 0.25) is 0 Å². The van der Waals surface area contributed by atoms with Crippen molar-refractivity contribution in [3.63, 3.8) is 0 Å². The number of aliphatic hydroxyl groups excluding tert-OH is 1. The Kier molecular flexibility index (Phi) is 3.95. The minimum absolute atomic E-state index is 0.0469. The standard InChI is InChI=1S/C14H19NO4/c1-2-9-8-15(7-6-10(9)16)14(19)13-11(17)4-3-5-12(13)18/h3-5,9-10,16-18H,2,6-8H2,1H3. The molecule has 19 heavy (non-hydrogen) atoms. The molecule has 0 aliphatic carbocycles. The molecule has 3 N–H and O–H groups in total. The van der Waals surface area contributed by atoms with Crippen molar-refractivity contribution in [2.24, 2.45) is 5.92 Å². The third-order valence-corrected chi connectivity index (χ3v) is 3.74. The van der Waals surface area contributed by atoms with Gasteiger partial charge in [0.15, 0.2) is 0 Å². The molecule has 5 nitrogen and oxygen atoms in total. The van der Waals surface area contributed by atoms with Crippen LogP contribution in [0, 0.1) is 5.92 Å². The molecular weight excluding hydrogens is 246 g/mol. The van der Waals surface area contributed by atoms with Crippen LogP contribution in [-0.2, 0) is 0 Å². The SMILES string of the molecule is CCC1CN(C(=O)c2c(O)cccc2O)CCC1O. The fourth-order valence-corrected chi connectivity index (χ4v) is 2.51. The summed E-state index contributed by atoms with van der Waals surface area (Å²) in [7, 11) is 0. The van der Waals surface area contributed by atoms with Gasteiger partial charge in [-0.3, -0.25) is 4.79 Å². The zero-order chi connectivity index (χ0) is 14.0. The van der Waals surface area contributed by atoms with E-state index in [1.807, 2.05) is 6.92 Å². The van der Waals surface area contributed by atoms with Gasteiger partial charge in [-0.25, -0.2) is 0 Å². The normalized spacial score (nSPS) is 23.4. The van der Waals surface area contributed by atoms with Gasteiger partial charge >= 0.3 is 0 Å². The van der Waals surface area contributed by atoms with Crippen LogP contribution < -0.4 is 0 Å². The molecule has 5 heteroatoms. The molecule has 0 aromatic heterocycles. The molecule has 0 spiro atoms. The molecule has 1 amide bonds. The van der Waals surface area contributed by atoms with Gasteiger partial charge in [0.25, 0.3) is 5.91 Å². The lowest BCUT2D eigenvalue weighted by Gasteiger charge is -2.36. The number of likely N-dealkylation sites (tertiary alicyclic amines) is 1. The van der Waals surface area contributed by atoms with Crippen LogP contribution in [0.5, 0.6) is 11.5 Å². The van der Waals surface area contributed by atoms with Crippen LogP contribution in [0.25, 0.3) is 0 Å². The third kappa shape index (κ3) is 2.66. The molecule has 1 aliphatic heterocycles. The molecule has 2 unspecified atom stereocenters. The first-order chi connectivity index (χ1) is 9.04. The average molecular weight is 265 g/mol. The molecule has 2 rings (SSSR count). The largest absolute Gasteiger partial charge is 0.507 e. The smallest absolute Gasteiger partial charge is 0.261 e. The van der Waals surface area contributed by atoms with E-state index < -0.39 is 0 Å². The molecule has 0 bridgehead atoms. The van der Waals surface area contributed by atoms with Gasteiger partial charge < -0.3 is 20.2 Å². The highest BCUT2D eigenvalue weighted by Crippen LogP contribution is 2.30. The van der Waals surface area contributed by atoms with Gasteiger partial charge in [-0.2, -0.15) is 0 Å². The van der Waals surface area contributed by atoms with Gasteiger partial charge in [-0.1, -0.05) is 13.0 Å². The second-order valence-electron chi connectivity index (χ2n) is 4.95. The fraction of sp³-hybridized carbons (Fsp3) is 0.500. The van der Waals surface area contributed by atoms with E-state index in [-0.39, 0.29) is 35.0 Å². The summed E-state index contributed by atoms with van der Waals surface area (Å²) in [6.07, 6.45) is 0.933. The zero-order valence-corrected chi connectivity index (χ0v) is 10.9.